The molecule has 1 amide bonds. The number of ether oxygens (including phenoxy) is 1. The molecule has 1 fully saturated rings. The lowest BCUT2D eigenvalue weighted by molar-refractivity contribution is 0.0256. The molecule has 0 radical (unpaired) electrons. The van der Waals surface area contributed by atoms with Gasteiger partial charge in [0.2, 0.25) is 10.0 Å². The van der Waals surface area contributed by atoms with Gasteiger partial charge in [-0.2, -0.15) is 10.4 Å². The van der Waals surface area contributed by atoms with Crippen LogP contribution in [0.25, 0.3) is 0 Å². The van der Waals surface area contributed by atoms with Crippen molar-refractivity contribution in [1.29, 1.82) is 0 Å². The minimum absolute atomic E-state index is 0.319. The third kappa shape index (κ3) is 6.42. The van der Waals surface area contributed by atoms with Crippen molar-refractivity contribution in [2.45, 2.75) is 71.1 Å². The number of carbonyl (C=O) groups excluding carboxylic acids is 1. The van der Waals surface area contributed by atoms with Gasteiger partial charge in [0.15, 0.2) is 0 Å². The molecule has 3 rings (SSSR count). The Bertz CT molecular complexity index is 1100. The van der Waals surface area contributed by atoms with E-state index in [-0.39, 0.29) is 11.1 Å². The second-order valence-electron chi connectivity index (χ2n) is 11.1. The highest BCUT2D eigenvalue weighted by molar-refractivity contribution is 7.94. The predicted octanol–water partition coefficient (Wildman–Crippen LogP) is 4.38. The quantitative estimate of drug-likeness (QED) is 0.581. The van der Waals surface area contributed by atoms with Crippen LogP contribution in [-0.2, 0) is 14.8 Å². The fourth-order valence-electron chi connectivity index (χ4n) is 4.66. The van der Waals surface area contributed by atoms with Crippen LogP contribution in [0.5, 0.6) is 0 Å². The summed E-state index contributed by atoms with van der Waals surface area (Å²) >= 11 is 0. The first-order chi connectivity index (χ1) is 16.3. The Morgan fingerprint density at radius 1 is 0.971 bits per heavy atom. The van der Waals surface area contributed by atoms with E-state index in [4.69, 9.17) is 4.74 Å². The Hall–Kier alpha value is -2.42. The molecule has 0 aliphatic carbocycles. The van der Waals surface area contributed by atoms with Gasteiger partial charge in [0, 0.05) is 20.2 Å². The van der Waals surface area contributed by atoms with Crippen molar-refractivity contribution in [3.63, 3.8) is 0 Å². The molecule has 2 aromatic carbocycles. The van der Waals surface area contributed by atoms with Gasteiger partial charge in [-0.15, -0.1) is 5.04 Å². The van der Waals surface area contributed by atoms with E-state index >= 15 is 0 Å². The molecule has 1 aliphatic rings. The fourth-order valence-corrected chi connectivity index (χ4v) is 12.6. The summed E-state index contributed by atoms with van der Waals surface area (Å²) in [4.78, 5) is 14.2. The van der Waals surface area contributed by atoms with Crippen LogP contribution in [0.4, 0.5) is 4.79 Å². The smallest absolute Gasteiger partial charge is 0.410 e. The third-order valence-electron chi connectivity index (χ3n) is 6.24. The van der Waals surface area contributed by atoms with E-state index < -0.39 is 30.0 Å². The maximum Gasteiger partial charge on any atom is 0.410 e. The molecule has 1 aliphatic heterocycles. The standard InChI is InChI=1S/C27H38N2O4SSi/c1-26(2,3)33-25(30)29-20-13-14-22(29)19-21-34(31,32)28-35(27(4,5)6,23-15-9-7-10-16-23)24-17-11-8-12-18-24/h7-12,15-19,21-22,28H,13-14,20H2,1-6H3/q-1/b21-19+/t22-/m0/s1. The summed E-state index contributed by atoms with van der Waals surface area (Å²) in [5, 5.41) is 2.85. The van der Waals surface area contributed by atoms with Crippen molar-refractivity contribution in [3.05, 3.63) is 72.1 Å². The highest BCUT2D eigenvalue weighted by Gasteiger charge is 2.38. The number of hydrogen-bond donors (Lipinski definition) is 1. The number of amides is 1. The lowest BCUT2D eigenvalue weighted by Crippen LogP contribution is -2.74. The third-order valence-corrected chi connectivity index (χ3v) is 13.8. The van der Waals surface area contributed by atoms with E-state index in [1.807, 2.05) is 81.4 Å². The van der Waals surface area contributed by atoms with Crippen molar-refractivity contribution in [1.82, 2.24) is 9.29 Å². The SMILES string of the molecule is CC(C)(C)OC(=O)N1CCC[C@H]1/C=C/S(=O)(=O)N[Si-](c1ccccc1)(c1ccccc1)C(C)(C)C. The maximum absolute atomic E-state index is 13.6. The molecule has 35 heavy (non-hydrogen) atoms. The largest absolute Gasteiger partial charge is 0.444 e. The number of rotatable bonds is 6. The molecule has 1 saturated heterocycles. The average Bonchev–Trinajstić information content (AvgIpc) is 3.24. The predicted molar refractivity (Wildman–Crippen MR) is 145 cm³/mol. The van der Waals surface area contributed by atoms with Gasteiger partial charge in [0.1, 0.15) is 5.60 Å². The number of carbonyl (C=O) groups is 1. The first-order valence-electron chi connectivity index (χ1n) is 12.1. The monoisotopic (exact) mass is 514 g/mol. The molecule has 0 unspecified atom stereocenters. The van der Waals surface area contributed by atoms with Crippen LogP contribution in [-0.4, -0.2) is 45.8 Å². The van der Waals surface area contributed by atoms with Gasteiger partial charge in [-0.3, -0.25) is 0 Å². The van der Waals surface area contributed by atoms with Crippen LogP contribution in [0.1, 0.15) is 54.4 Å². The van der Waals surface area contributed by atoms with E-state index in [9.17, 15) is 13.2 Å². The van der Waals surface area contributed by atoms with Crippen LogP contribution in [0.15, 0.2) is 72.1 Å². The van der Waals surface area contributed by atoms with Gasteiger partial charge in [0.05, 0.1) is 6.04 Å². The van der Waals surface area contributed by atoms with Gasteiger partial charge >= 0.3 is 6.09 Å². The van der Waals surface area contributed by atoms with Gasteiger partial charge in [-0.05, 0) is 39.7 Å². The molecular formula is C27H38N2O4SSi-. The molecule has 2 aromatic rings. The van der Waals surface area contributed by atoms with Crippen LogP contribution in [0, 0.1) is 0 Å². The Morgan fingerprint density at radius 3 is 1.94 bits per heavy atom. The number of nitrogens with one attached hydrogen (secondary N) is 1. The first-order valence-corrected chi connectivity index (χ1v) is 15.6. The second-order valence-corrected chi connectivity index (χ2v) is 17.4. The summed E-state index contributed by atoms with van der Waals surface area (Å²) in [5.74, 6) is 0. The van der Waals surface area contributed by atoms with Gasteiger partial charge in [-0.1, -0.05) is 81.4 Å². The highest BCUT2D eigenvalue weighted by Crippen LogP contribution is 2.34. The molecule has 8 heteroatoms. The molecule has 0 spiro atoms. The summed E-state index contributed by atoms with van der Waals surface area (Å²) in [6.45, 7) is 12.3. The number of hydrogen-bond acceptors (Lipinski definition) is 4. The minimum atomic E-state index is -3.84. The zero-order valence-electron chi connectivity index (χ0n) is 21.6. The van der Waals surface area contributed by atoms with Crippen LogP contribution < -0.4 is 14.8 Å². The number of benzene rings is 2. The molecular weight excluding hydrogens is 476 g/mol. The van der Waals surface area contributed by atoms with Crippen molar-refractivity contribution in [3.8, 4) is 0 Å². The lowest BCUT2D eigenvalue weighted by atomic mass is 10.2. The number of sulfonamides is 1. The van der Waals surface area contributed by atoms with Crippen molar-refractivity contribution in [2.75, 3.05) is 6.54 Å². The topological polar surface area (TPSA) is 75.7 Å². The first kappa shape index (κ1) is 27.2. The Balaban J connectivity index is 1.97. The van der Waals surface area contributed by atoms with E-state index in [2.05, 4.69) is 25.2 Å². The summed E-state index contributed by atoms with van der Waals surface area (Å²) < 4.78 is 35.9. The summed E-state index contributed by atoms with van der Waals surface area (Å²) in [5.41, 5.74) is -0.606. The molecule has 0 aromatic heterocycles. The molecule has 1 atom stereocenters. The highest BCUT2D eigenvalue weighted by atomic mass is 32.2. The molecule has 0 bridgehead atoms. The molecule has 6 nitrogen and oxygen atoms in total. The Morgan fingerprint density at radius 2 is 1.49 bits per heavy atom. The van der Waals surface area contributed by atoms with Gasteiger partial charge < -0.3 is 14.0 Å². The second kappa shape index (κ2) is 10.3. The van der Waals surface area contributed by atoms with Gasteiger partial charge in [0.25, 0.3) is 0 Å². The van der Waals surface area contributed by atoms with E-state index in [0.29, 0.717) is 13.0 Å². The summed E-state index contributed by atoms with van der Waals surface area (Å²) in [7, 11) is -6.86. The number of likely N-dealkylation sites (tertiary alicyclic amines) is 1. The average molecular weight is 515 g/mol. The van der Waals surface area contributed by atoms with Crippen LogP contribution in [0.2, 0.25) is 5.04 Å². The zero-order valence-corrected chi connectivity index (χ0v) is 23.4. The maximum atomic E-state index is 13.6. The van der Waals surface area contributed by atoms with E-state index in [1.165, 1.54) is 5.41 Å². The zero-order chi connectivity index (χ0) is 25.9. The summed E-state index contributed by atoms with van der Waals surface area (Å²) in [6, 6.07) is 19.4. The summed E-state index contributed by atoms with van der Waals surface area (Å²) in [6.07, 6.45) is 2.71. The lowest BCUT2D eigenvalue weighted by Gasteiger charge is -2.55. The van der Waals surface area contributed by atoms with Crippen molar-refractivity contribution in [2.24, 2.45) is 0 Å². The van der Waals surface area contributed by atoms with Crippen molar-refractivity contribution < 1.29 is 17.9 Å². The van der Waals surface area contributed by atoms with E-state index in [1.54, 1.807) is 11.0 Å². The normalized spacial score (nSPS) is 17.7. The molecule has 1 N–H and O–H groups in total. The van der Waals surface area contributed by atoms with Gasteiger partial charge in [-0.25, -0.2) is 13.2 Å². The van der Waals surface area contributed by atoms with Crippen LogP contribution >= 0.6 is 0 Å². The Labute approximate surface area is 211 Å². The van der Waals surface area contributed by atoms with Crippen LogP contribution in [0.3, 0.4) is 0 Å². The minimum Gasteiger partial charge on any atom is -0.444 e. The van der Waals surface area contributed by atoms with E-state index in [0.717, 1.165) is 16.8 Å². The Kier molecular flexibility index (Phi) is 7.98. The van der Waals surface area contributed by atoms with Crippen molar-refractivity contribution >= 4 is 34.7 Å². The molecule has 191 valence electrons. The molecule has 0 saturated carbocycles. The number of nitrogens with zero attached hydrogens (tertiary/aromatic N) is 1. The molecule has 1 heterocycles. The fraction of sp³-hybridized carbons (Fsp3) is 0.444.